The van der Waals surface area contributed by atoms with E-state index in [9.17, 15) is 9.59 Å². The number of carbonyl (C=O) groups is 2. The second kappa shape index (κ2) is 9.24. The van der Waals surface area contributed by atoms with E-state index in [0.717, 1.165) is 10.4 Å². The molecule has 0 aliphatic carbocycles. The molecule has 0 bridgehead atoms. The van der Waals surface area contributed by atoms with E-state index in [0.29, 0.717) is 18.0 Å². The number of hydrogen-bond acceptors (Lipinski definition) is 5. The van der Waals surface area contributed by atoms with Gasteiger partial charge >= 0.3 is 0 Å². The highest BCUT2D eigenvalue weighted by Gasteiger charge is 2.20. The minimum atomic E-state index is -0.312. The lowest BCUT2D eigenvalue weighted by molar-refractivity contribution is -0.131. The molecule has 1 aromatic heterocycles. The molecule has 26 heavy (non-hydrogen) atoms. The van der Waals surface area contributed by atoms with Crippen LogP contribution in [0.25, 0.3) is 0 Å². The summed E-state index contributed by atoms with van der Waals surface area (Å²) in [6.07, 6.45) is 0.212. The Labute approximate surface area is 157 Å². The first-order valence-corrected chi connectivity index (χ1v) is 9.08. The maximum absolute atomic E-state index is 12.6. The molecule has 0 spiro atoms. The number of thiophene rings is 1. The van der Waals surface area contributed by atoms with Crippen LogP contribution in [0.15, 0.2) is 35.7 Å². The van der Waals surface area contributed by atoms with Crippen LogP contribution < -0.4 is 14.8 Å². The molecule has 2 aromatic rings. The molecule has 140 valence electrons. The molecular weight excluding hydrogens is 352 g/mol. The van der Waals surface area contributed by atoms with Crippen LogP contribution in [0, 0.1) is 0 Å². The average Bonchev–Trinajstić information content (AvgIpc) is 3.15. The van der Waals surface area contributed by atoms with Crippen molar-refractivity contribution in [3.63, 3.8) is 0 Å². The number of carbonyl (C=O) groups excluding carboxylic acids is 2. The summed E-state index contributed by atoms with van der Waals surface area (Å²) in [7, 11) is 4.91. The second-order valence-corrected chi connectivity index (χ2v) is 6.89. The van der Waals surface area contributed by atoms with Crippen LogP contribution in [0.2, 0.25) is 0 Å². The van der Waals surface area contributed by atoms with Gasteiger partial charge in [0.1, 0.15) is 0 Å². The minimum Gasteiger partial charge on any atom is -0.493 e. The molecule has 2 amide bonds. The molecular formula is C19H24N2O4S. The molecule has 6 nitrogen and oxygen atoms in total. The Morgan fingerprint density at radius 1 is 1.19 bits per heavy atom. The maximum Gasteiger partial charge on any atom is 0.225 e. The van der Waals surface area contributed by atoms with Gasteiger partial charge in [-0.15, -0.1) is 11.3 Å². The van der Waals surface area contributed by atoms with Crippen molar-refractivity contribution < 1.29 is 19.1 Å². The quantitative estimate of drug-likeness (QED) is 0.769. The number of methoxy groups -OCH3 is 2. The first-order chi connectivity index (χ1) is 12.4. The highest BCUT2D eigenvalue weighted by Crippen LogP contribution is 2.28. The third-order valence-electron chi connectivity index (χ3n) is 3.94. The maximum atomic E-state index is 12.6. The normalized spacial score (nSPS) is 11.5. The van der Waals surface area contributed by atoms with Crippen molar-refractivity contribution in [1.29, 1.82) is 0 Å². The zero-order chi connectivity index (χ0) is 19.1. The highest BCUT2D eigenvalue weighted by molar-refractivity contribution is 7.10. The molecule has 1 aromatic carbocycles. The van der Waals surface area contributed by atoms with E-state index < -0.39 is 0 Å². The van der Waals surface area contributed by atoms with Gasteiger partial charge in [-0.1, -0.05) is 12.1 Å². The second-order valence-electron chi connectivity index (χ2n) is 5.91. The van der Waals surface area contributed by atoms with Gasteiger partial charge in [-0.05, 0) is 29.1 Å². The van der Waals surface area contributed by atoms with Gasteiger partial charge in [-0.25, -0.2) is 0 Å². The van der Waals surface area contributed by atoms with Crippen LogP contribution >= 0.6 is 11.3 Å². The van der Waals surface area contributed by atoms with Crippen molar-refractivity contribution >= 4 is 23.2 Å². The molecule has 0 saturated carbocycles. The predicted molar refractivity (Wildman–Crippen MR) is 102 cm³/mol. The number of amides is 2. The van der Waals surface area contributed by atoms with Gasteiger partial charge < -0.3 is 19.7 Å². The van der Waals surface area contributed by atoms with Crippen LogP contribution in [0.1, 0.15) is 29.8 Å². The zero-order valence-electron chi connectivity index (χ0n) is 15.4. The van der Waals surface area contributed by atoms with Crippen molar-refractivity contribution in [3.05, 3.63) is 46.2 Å². The molecule has 2 rings (SSSR count). The fraction of sp³-hybridized carbons (Fsp3) is 0.368. The highest BCUT2D eigenvalue weighted by atomic mass is 32.1. The van der Waals surface area contributed by atoms with E-state index in [2.05, 4.69) is 5.32 Å². The van der Waals surface area contributed by atoms with Crippen LogP contribution in [0.5, 0.6) is 11.5 Å². The van der Waals surface area contributed by atoms with Crippen molar-refractivity contribution in [2.75, 3.05) is 21.3 Å². The van der Waals surface area contributed by atoms with E-state index in [-0.39, 0.29) is 24.3 Å². The van der Waals surface area contributed by atoms with Gasteiger partial charge in [0.2, 0.25) is 11.8 Å². The Kier molecular flexibility index (Phi) is 7.03. The lowest BCUT2D eigenvalue weighted by atomic mass is 10.1. The van der Waals surface area contributed by atoms with Gasteiger partial charge in [-0.3, -0.25) is 9.59 Å². The van der Waals surface area contributed by atoms with E-state index in [4.69, 9.17) is 9.47 Å². The monoisotopic (exact) mass is 376 g/mol. The largest absolute Gasteiger partial charge is 0.493 e. The van der Waals surface area contributed by atoms with Crippen molar-refractivity contribution in [1.82, 2.24) is 10.2 Å². The van der Waals surface area contributed by atoms with Crippen LogP contribution in [0.3, 0.4) is 0 Å². The smallest absolute Gasteiger partial charge is 0.225 e. The lowest BCUT2D eigenvalue weighted by Crippen LogP contribution is -2.33. The molecule has 1 atom stereocenters. The fourth-order valence-corrected chi connectivity index (χ4v) is 3.41. The molecule has 7 heteroatoms. The summed E-state index contributed by atoms with van der Waals surface area (Å²) in [4.78, 5) is 26.7. The minimum absolute atomic E-state index is 0.0491. The standard InChI is InChI=1S/C19H24N2O4S/c1-13(22)20-15(18-6-5-9-26-18)11-19(23)21(2)12-14-7-8-16(24-3)17(10-14)25-4/h5-10,15H,11-12H2,1-4H3,(H,20,22)/t15-/m0/s1. The SMILES string of the molecule is COc1ccc(CN(C)C(=O)C[C@H](NC(C)=O)c2cccs2)cc1OC. The van der Waals surface area contributed by atoms with Crippen LogP contribution in [-0.2, 0) is 16.1 Å². The third-order valence-corrected chi connectivity index (χ3v) is 4.92. The van der Waals surface area contributed by atoms with Crippen LogP contribution in [0.4, 0.5) is 0 Å². The number of hydrogen-bond donors (Lipinski definition) is 1. The Balaban J connectivity index is 2.05. The number of rotatable bonds is 8. The topological polar surface area (TPSA) is 67.9 Å². The van der Waals surface area contributed by atoms with Gasteiger partial charge in [0, 0.05) is 25.4 Å². The number of ether oxygens (including phenoxy) is 2. The molecule has 0 aliphatic heterocycles. The molecule has 0 fully saturated rings. The summed E-state index contributed by atoms with van der Waals surface area (Å²) in [5.74, 6) is 1.07. The molecule has 0 radical (unpaired) electrons. The van der Waals surface area contributed by atoms with Gasteiger partial charge in [-0.2, -0.15) is 0 Å². The number of nitrogens with one attached hydrogen (secondary N) is 1. The van der Waals surface area contributed by atoms with Gasteiger partial charge in [0.05, 0.1) is 26.7 Å². The van der Waals surface area contributed by atoms with Gasteiger partial charge in [0.25, 0.3) is 0 Å². The Bertz CT molecular complexity index is 746. The number of nitrogens with zero attached hydrogens (tertiary/aromatic N) is 1. The average molecular weight is 376 g/mol. The summed E-state index contributed by atoms with van der Waals surface area (Å²) < 4.78 is 10.5. The molecule has 1 N–H and O–H groups in total. The first-order valence-electron chi connectivity index (χ1n) is 8.20. The number of benzene rings is 1. The lowest BCUT2D eigenvalue weighted by Gasteiger charge is -2.22. The fourth-order valence-electron chi connectivity index (χ4n) is 2.63. The van der Waals surface area contributed by atoms with E-state index in [1.165, 1.54) is 18.3 Å². The molecule has 0 aliphatic rings. The van der Waals surface area contributed by atoms with E-state index in [1.54, 1.807) is 26.2 Å². The summed E-state index contributed by atoms with van der Waals surface area (Å²) in [5.41, 5.74) is 0.936. The van der Waals surface area contributed by atoms with E-state index in [1.807, 2.05) is 35.7 Å². The molecule has 0 saturated heterocycles. The molecule has 1 heterocycles. The third kappa shape index (κ3) is 5.23. The Morgan fingerprint density at radius 3 is 2.50 bits per heavy atom. The van der Waals surface area contributed by atoms with Gasteiger partial charge in [0.15, 0.2) is 11.5 Å². The Hall–Kier alpha value is -2.54. The van der Waals surface area contributed by atoms with E-state index >= 15 is 0 Å². The first kappa shape index (κ1) is 19.8. The summed E-state index contributed by atoms with van der Waals surface area (Å²) in [6.45, 7) is 1.90. The Morgan fingerprint density at radius 2 is 1.92 bits per heavy atom. The van der Waals surface area contributed by atoms with Crippen LogP contribution in [-0.4, -0.2) is 38.0 Å². The summed E-state index contributed by atoms with van der Waals surface area (Å²) in [5, 5.41) is 4.79. The van der Waals surface area contributed by atoms with Crippen molar-refractivity contribution in [2.24, 2.45) is 0 Å². The van der Waals surface area contributed by atoms with Crippen molar-refractivity contribution in [3.8, 4) is 11.5 Å². The van der Waals surface area contributed by atoms with Crippen molar-refractivity contribution in [2.45, 2.75) is 25.9 Å². The molecule has 0 unspecified atom stereocenters. The summed E-state index contributed by atoms with van der Waals surface area (Å²) in [6, 6.07) is 9.09. The predicted octanol–water partition coefficient (Wildman–Crippen LogP) is 2.99. The summed E-state index contributed by atoms with van der Waals surface area (Å²) >= 11 is 1.52. The zero-order valence-corrected chi connectivity index (χ0v) is 16.3.